The van der Waals surface area contributed by atoms with Gasteiger partial charge < -0.3 is 15.2 Å². The van der Waals surface area contributed by atoms with Crippen LogP contribution in [0.1, 0.15) is 37.3 Å². The number of aliphatic hydroxyl groups excluding tert-OH is 1. The van der Waals surface area contributed by atoms with Crippen molar-refractivity contribution >= 4 is 0 Å². The number of ether oxygens (including phenoxy) is 1. The zero-order chi connectivity index (χ0) is 13.5. The summed E-state index contributed by atoms with van der Waals surface area (Å²) in [5.41, 5.74) is 2.77. The third kappa shape index (κ3) is 4.22. The van der Waals surface area contributed by atoms with Crippen LogP contribution in [0.3, 0.4) is 0 Å². The van der Waals surface area contributed by atoms with Gasteiger partial charge in [0.25, 0.3) is 0 Å². The van der Waals surface area contributed by atoms with E-state index in [0.29, 0.717) is 13.2 Å². The molecule has 3 nitrogen and oxygen atoms in total. The van der Waals surface area contributed by atoms with Crippen molar-refractivity contribution in [3.8, 4) is 5.75 Å². The monoisotopic (exact) mass is 263 g/mol. The van der Waals surface area contributed by atoms with Crippen LogP contribution in [0, 0.1) is 0 Å². The summed E-state index contributed by atoms with van der Waals surface area (Å²) in [4.78, 5) is 0. The SMILES string of the molecule is CCCNCC(O)COc1cccc2c1CCCC2. The molecule has 1 aromatic rings. The van der Waals surface area contributed by atoms with Gasteiger partial charge in [0.1, 0.15) is 18.5 Å². The lowest BCUT2D eigenvalue weighted by molar-refractivity contribution is 0.106. The first-order chi connectivity index (χ1) is 9.31. The van der Waals surface area contributed by atoms with E-state index < -0.39 is 6.10 Å². The Labute approximate surface area is 116 Å². The molecule has 0 saturated heterocycles. The number of aliphatic hydroxyl groups is 1. The second-order valence-electron chi connectivity index (χ2n) is 5.27. The summed E-state index contributed by atoms with van der Waals surface area (Å²) >= 11 is 0. The third-order valence-electron chi connectivity index (χ3n) is 3.59. The molecule has 106 valence electrons. The first-order valence-electron chi connectivity index (χ1n) is 7.43. The minimum Gasteiger partial charge on any atom is -0.491 e. The summed E-state index contributed by atoms with van der Waals surface area (Å²) in [6, 6.07) is 6.28. The average Bonchev–Trinajstić information content (AvgIpc) is 2.45. The Bertz CT molecular complexity index is 392. The van der Waals surface area contributed by atoms with Gasteiger partial charge in [-0.3, -0.25) is 0 Å². The van der Waals surface area contributed by atoms with Gasteiger partial charge in [-0.25, -0.2) is 0 Å². The van der Waals surface area contributed by atoms with Gasteiger partial charge in [-0.2, -0.15) is 0 Å². The van der Waals surface area contributed by atoms with Gasteiger partial charge in [-0.05, 0) is 55.8 Å². The molecule has 1 aromatic carbocycles. The van der Waals surface area contributed by atoms with E-state index in [1.54, 1.807) is 0 Å². The molecule has 0 heterocycles. The van der Waals surface area contributed by atoms with E-state index in [9.17, 15) is 5.11 Å². The molecule has 0 spiro atoms. The first kappa shape index (κ1) is 14.4. The van der Waals surface area contributed by atoms with Crippen LogP contribution >= 0.6 is 0 Å². The Kier molecular flexibility index (Phi) is 5.67. The summed E-state index contributed by atoms with van der Waals surface area (Å²) < 4.78 is 5.81. The van der Waals surface area contributed by atoms with Gasteiger partial charge in [-0.1, -0.05) is 19.1 Å². The number of hydrogen-bond acceptors (Lipinski definition) is 3. The molecular formula is C16H25NO2. The predicted molar refractivity (Wildman–Crippen MR) is 77.7 cm³/mol. The van der Waals surface area contributed by atoms with Crippen LogP contribution in [0.15, 0.2) is 18.2 Å². The number of rotatable bonds is 7. The van der Waals surface area contributed by atoms with Crippen molar-refractivity contribution in [3.63, 3.8) is 0 Å². The molecule has 1 aliphatic rings. The molecule has 0 fully saturated rings. The van der Waals surface area contributed by atoms with Gasteiger partial charge in [0, 0.05) is 6.54 Å². The van der Waals surface area contributed by atoms with Crippen molar-refractivity contribution in [3.05, 3.63) is 29.3 Å². The smallest absolute Gasteiger partial charge is 0.122 e. The maximum absolute atomic E-state index is 9.85. The number of hydrogen-bond donors (Lipinski definition) is 2. The van der Waals surface area contributed by atoms with Gasteiger partial charge in [0.2, 0.25) is 0 Å². The first-order valence-corrected chi connectivity index (χ1v) is 7.43. The van der Waals surface area contributed by atoms with Crippen molar-refractivity contribution in [2.45, 2.75) is 45.1 Å². The molecule has 2 N–H and O–H groups in total. The normalized spacial score (nSPS) is 15.9. The lowest BCUT2D eigenvalue weighted by Crippen LogP contribution is -2.32. The van der Waals surface area contributed by atoms with Gasteiger partial charge >= 0.3 is 0 Å². The molecule has 0 bridgehead atoms. The second kappa shape index (κ2) is 7.51. The van der Waals surface area contributed by atoms with Crippen molar-refractivity contribution in [1.82, 2.24) is 5.32 Å². The van der Waals surface area contributed by atoms with Crippen LogP contribution in [-0.2, 0) is 12.8 Å². The van der Waals surface area contributed by atoms with Crippen LogP contribution in [0.2, 0.25) is 0 Å². The molecule has 0 amide bonds. The Morgan fingerprint density at radius 1 is 1.32 bits per heavy atom. The summed E-state index contributed by atoms with van der Waals surface area (Å²) in [5, 5.41) is 13.1. The molecule has 3 heteroatoms. The minimum absolute atomic E-state index is 0.368. The summed E-state index contributed by atoms with van der Waals surface area (Å²) in [6.07, 6.45) is 5.43. The van der Waals surface area contributed by atoms with Crippen LogP contribution in [0.25, 0.3) is 0 Å². The fourth-order valence-corrected chi connectivity index (χ4v) is 2.57. The minimum atomic E-state index is -0.439. The Morgan fingerprint density at radius 2 is 2.16 bits per heavy atom. The standard InChI is InChI=1S/C16H25NO2/c1-2-10-17-11-14(18)12-19-16-9-5-7-13-6-3-4-8-15(13)16/h5,7,9,14,17-18H,2-4,6,8,10-12H2,1H3. The highest BCUT2D eigenvalue weighted by atomic mass is 16.5. The highest BCUT2D eigenvalue weighted by Gasteiger charge is 2.14. The molecule has 1 atom stereocenters. The molecule has 0 aliphatic heterocycles. The Balaban J connectivity index is 1.85. The zero-order valence-corrected chi connectivity index (χ0v) is 11.8. The number of benzene rings is 1. The summed E-state index contributed by atoms with van der Waals surface area (Å²) in [7, 11) is 0. The van der Waals surface area contributed by atoms with Crippen LogP contribution in [0.4, 0.5) is 0 Å². The van der Waals surface area contributed by atoms with Crippen molar-refractivity contribution in [2.24, 2.45) is 0 Å². The molecule has 1 aliphatic carbocycles. The highest BCUT2D eigenvalue weighted by Crippen LogP contribution is 2.29. The Morgan fingerprint density at radius 3 is 3.00 bits per heavy atom. The third-order valence-corrected chi connectivity index (χ3v) is 3.59. The molecule has 19 heavy (non-hydrogen) atoms. The van der Waals surface area contributed by atoms with Gasteiger partial charge in [0.15, 0.2) is 0 Å². The lowest BCUT2D eigenvalue weighted by Gasteiger charge is -2.20. The van der Waals surface area contributed by atoms with E-state index in [1.165, 1.54) is 24.0 Å². The van der Waals surface area contributed by atoms with E-state index in [2.05, 4.69) is 24.4 Å². The Hall–Kier alpha value is -1.06. The molecule has 0 aromatic heterocycles. The maximum Gasteiger partial charge on any atom is 0.122 e. The van der Waals surface area contributed by atoms with E-state index in [0.717, 1.165) is 31.6 Å². The molecule has 0 saturated carbocycles. The van der Waals surface area contributed by atoms with Crippen molar-refractivity contribution in [1.29, 1.82) is 0 Å². The quantitative estimate of drug-likeness (QED) is 0.742. The summed E-state index contributed by atoms with van der Waals surface area (Å²) in [6.45, 7) is 4.03. The number of nitrogens with one attached hydrogen (secondary N) is 1. The fourth-order valence-electron chi connectivity index (χ4n) is 2.57. The van der Waals surface area contributed by atoms with Crippen molar-refractivity contribution in [2.75, 3.05) is 19.7 Å². The van der Waals surface area contributed by atoms with E-state index in [4.69, 9.17) is 4.74 Å². The zero-order valence-electron chi connectivity index (χ0n) is 11.8. The fraction of sp³-hybridized carbons (Fsp3) is 0.625. The highest BCUT2D eigenvalue weighted by molar-refractivity contribution is 5.41. The topological polar surface area (TPSA) is 41.5 Å². The van der Waals surface area contributed by atoms with Gasteiger partial charge in [0.05, 0.1) is 0 Å². The van der Waals surface area contributed by atoms with E-state index in [-0.39, 0.29) is 0 Å². The van der Waals surface area contributed by atoms with Crippen LogP contribution in [-0.4, -0.2) is 30.9 Å². The second-order valence-corrected chi connectivity index (χ2v) is 5.27. The van der Waals surface area contributed by atoms with Crippen LogP contribution < -0.4 is 10.1 Å². The van der Waals surface area contributed by atoms with Gasteiger partial charge in [-0.15, -0.1) is 0 Å². The molecule has 0 radical (unpaired) electrons. The van der Waals surface area contributed by atoms with E-state index in [1.807, 2.05) is 6.07 Å². The van der Waals surface area contributed by atoms with Crippen LogP contribution in [0.5, 0.6) is 5.75 Å². The number of aryl methyl sites for hydroxylation is 1. The summed E-state index contributed by atoms with van der Waals surface area (Å²) in [5.74, 6) is 0.965. The molecular weight excluding hydrogens is 238 g/mol. The molecule has 1 unspecified atom stereocenters. The predicted octanol–water partition coefficient (Wildman–Crippen LogP) is 2.30. The number of fused-ring (bicyclic) bond motifs is 1. The van der Waals surface area contributed by atoms with E-state index >= 15 is 0 Å². The lowest BCUT2D eigenvalue weighted by atomic mass is 9.91. The van der Waals surface area contributed by atoms with Crippen molar-refractivity contribution < 1.29 is 9.84 Å². The maximum atomic E-state index is 9.85. The molecule has 2 rings (SSSR count). The largest absolute Gasteiger partial charge is 0.491 e. The average molecular weight is 263 g/mol.